The van der Waals surface area contributed by atoms with Crippen LogP contribution in [0, 0.1) is 0 Å². The van der Waals surface area contributed by atoms with Crippen molar-refractivity contribution in [1.82, 2.24) is 0 Å². The lowest BCUT2D eigenvalue weighted by Gasteiger charge is -2.27. The van der Waals surface area contributed by atoms with E-state index in [2.05, 4.69) is 0 Å². The number of benzene rings is 1. The molecule has 0 aromatic heterocycles. The molecule has 21 heavy (non-hydrogen) atoms. The van der Waals surface area contributed by atoms with E-state index in [4.69, 9.17) is 9.47 Å². The second kappa shape index (κ2) is 5.15. The molecule has 0 saturated heterocycles. The molecule has 1 aromatic carbocycles. The Hall–Kier alpha value is -1.31. The highest BCUT2D eigenvalue weighted by Crippen LogP contribution is 2.44. The third kappa shape index (κ3) is 2.73. The van der Waals surface area contributed by atoms with Crippen LogP contribution in [0.3, 0.4) is 0 Å². The Bertz CT molecular complexity index is 639. The number of hydrogen-bond acceptors (Lipinski definition) is 4. The van der Waals surface area contributed by atoms with Crippen LogP contribution in [-0.4, -0.2) is 32.4 Å². The van der Waals surface area contributed by atoms with Gasteiger partial charge in [-0.2, -0.15) is 8.42 Å². The molecule has 1 aromatic rings. The van der Waals surface area contributed by atoms with E-state index in [1.54, 1.807) is 39.2 Å². The van der Waals surface area contributed by atoms with Crippen molar-refractivity contribution in [3.63, 3.8) is 0 Å². The van der Waals surface area contributed by atoms with Gasteiger partial charge in [-0.1, -0.05) is 0 Å². The average molecular weight is 315 g/mol. The quantitative estimate of drug-likeness (QED) is 0.863. The third-order valence-electron chi connectivity index (χ3n) is 3.67. The first-order chi connectivity index (χ1) is 9.59. The van der Waals surface area contributed by atoms with Crippen molar-refractivity contribution in [2.75, 3.05) is 11.4 Å². The van der Waals surface area contributed by atoms with Gasteiger partial charge in [-0.3, -0.25) is 4.55 Å². The van der Waals surface area contributed by atoms with Gasteiger partial charge in [0.1, 0.15) is 5.75 Å². The highest BCUT2D eigenvalue weighted by molar-refractivity contribution is 7.87. The lowest BCUT2D eigenvalue weighted by molar-refractivity contribution is -0.0779. The fraction of sp³-hybridized carbons (Fsp3) is 0.571. The van der Waals surface area contributed by atoms with E-state index < -0.39 is 28.1 Å². The van der Waals surface area contributed by atoms with Gasteiger partial charge in [-0.05, 0) is 45.9 Å². The molecular weight excluding hydrogens is 294 g/mol. The van der Waals surface area contributed by atoms with Crippen molar-refractivity contribution in [1.29, 1.82) is 0 Å². The van der Waals surface area contributed by atoms with Gasteiger partial charge in [-0.15, -0.1) is 0 Å². The molecule has 1 heterocycles. The van der Waals surface area contributed by atoms with E-state index in [9.17, 15) is 13.0 Å². The average Bonchev–Trinajstić information content (AvgIpc) is 2.58. The van der Waals surface area contributed by atoms with Crippen molar-refractivity contribution in [2.24, 2.45) is 0 Å². The van der Waals surface area contributed by atoms with Crippen molar-refractivity contribution in [3.8, 4) is 5.75 Å². The predicted octanol–water partition coefficient (Wildman–Crippen LogP) is 2.35. The summed E-state index contributed by atoms with van der Waals surface area (Å²) in [6, 6.07) is 4.64. The standard InChI is InChI=1S/C14H21NO5S/c1-9(2)15(21(16,17)18)10-6-7-12-11(8-10)14(3,4)13(19-5)20-12/h6-9,13H,1-5H3,(H,16,17,18). The molecule has 0 fully saturated rings. The predicted molar refractivity (Wildman–Crippen MR) is 80.1 cm³/mol. The zero-order valence-corrected chi connectivity index (χ0v) is 13.6. The van der Waals surface area contributed by atoms with Crippen LogP contribution in [0.1, 0.15) is 33.3 Å². The van der Waals surface area contributed by atoms with Crippen LogP contribution in [0.5, 0.6) is 5.75 Å². The summed E-state index contributed by atoms with van der Waals surface area (Å²) in [5.74, 6) is 0.662. The Balaban J connectivity index is 2.53. The summed E-state index contributed by atoms with van der Waals surface area (Å²) in [7, 11) is -2.76. The summed E-state index contributed by atoms with van der Waals surface area (Å²) >= 11 is 0. The summed E-state index contributed by atoms with van der Waals surface area (Å²) in [4.78, 5) is 0. The molecule has 2 rings (SSSR count). The summed E-state index contributed by atoms with van der Waals surface area (Å²) in [6.07, 6.45) is -0.430. The largest absolute Gasteiger partial charge is 0.464 e. The molecule has 0 amide bonds. The van der Waals surface area contributed by atoms with Crippen LogP contribution in [0.2, 0.25) is 0 Å². The molecule has 0 bridgehead atoms. The summed E-state index contributed by atoms with van der Waals surface area (Å²) in [6.45, 7) is 7.31. The van der Waals surface area contributed by atoms with Crippen LogP contribution in [-0.2, 0) is 20.5 Å². The summed E-state index contributed by atoms with van der Waals surface area (Å²) in [5, 5.41) is 0. The number of nitrogens with zero attached hydrogens (tertiary/aromatic N) is 1. The number of rotatable bonds is 4. The van der Waals surface area contributed by atoms with Crippen molar-refractivity contribution >= 4 is 16.0 Å². The molecule has 118 valence electrons. The molecule has 0 saturated carbocycles. The number of fused-ring (bicyclic) bond motifs is 1. The fourth-order valence-corrected chi connectivity index (χ4v) is 3.60. The Morgan fingerprint density at radius 1 is 1.38 bits per heavy atom. The molecule has 0 aliphatic carbocycles. The second-order valence-corrected chi connectivity index (χ2v) is 7.24. The topological polar surface area (TPSA) is 76.1 Å². The van der Waals surface area contributed by atoms with Crippen LogP contribution in [0.4, 0.5) is 5.69 Å². The normalized spacial score (nSPS) is 20.2. The minimum atomic E-state index is -4.33. The maximum atomic E-state index is 11.6. The van der Waals surface area contributed by atoms with Crippen LogP contribution >= 0.6 is 0 Å². The van der Waals surface area contributed by atoms with E-state index in [0.29, 0.717) is 11.4 Å². The molecule has 7 heteroatoms. The molecule has 1 atom stereocenters. The molecule has 6 nitrogen and oxygen atoms in total. The van der Waals surface area contributed by atoms with Gasteiger partial charge >= 0.3 is 10.3 Å². The first-order valence-electron chi connectivity index (χ1n) is 6.70. The molecule has 1 aliphatic heterocycles. The number of hydrogen-bond donors (Lipinski definition) is 1. The number of ether oxygens (including phenoxy) is 2. The second-order valence-electron chi connectivity index (χ2n) is 5.96. The smallest absolute Gasteiger partial charge is 0.360 e. The lowest BCUT2D eigenvalue weighted by atomic mass is 9.85. The summed E-state index contributed by atoms with van der Waals surface area (Å²) < 4.78 is 44.6. The minimum Gasteiger partial charge on any atom is -0.464 e. The van der Waals surface area contributed by atoms with Gasteiger partial charge in [0, 0.05) is 18.7 Å². The van der Waals surface area contributed by atoms with Gasteiger partial charge in [0.2, 0.25) is 6.29 Å². The van der Waals surface area contributed by atoms with Crippen molar-refractivity contribution in [3.05, 3.63) is 23.8 Å². The van der Waals surface area contributed by atoms with Gasteiger partial charge in [0.05, 0.1) is 11.1 Å². The van der Waals surface area contributed by atoms with E-state index >= 15 is 0 Å². The molecular formula is C14H21NO5S. The minimum absolute atomic E-state index is 0.401. The van der Waals surface area contributed by atoms with E-state index in [1.807, 2.05) is 13.8 Å². The first-order valence-corrected chi connectivity index (χ1v) is 8.09. The Morgan fingerprint density at radius 3 is 2.48 bits per heavy atom. The zero-order valence-electron chi connectivity index (χ0n) is 12.8. The zero-order chi connectivity index (χ0) is 16.0. The van der Waals surface area contributed by atoms with Gasteiger partial charge in [0.25, 0.3) is 0 Å². The number of anilines is 1. The SMILES string of the molecule is COC1Oc2ccc(N(C(C)C)S(=O)(=O)O)cc2C1(C)C. The number of methoxy groups -OCH3 is 1. The molecule has 1 aliphatic rings. The fourth-order valence-electron chi connectivity index (χ4n) is 2.69. The van der Waals surface area contributed by atoms with Crippen molar-refractivity contribution < 1.29 is 22.4 Å². The van der Waals surface area contributed by atoms with E-state index in [-0.39, 0.29) is 0 Å². The molecule has 1 N–H and O–H groups in total. The molecule has 1 unspecified atom stereocenters. The van der Waals surface area contributed by atoms with Gasteiger partial charge in [-0.25, -0.2) is 4.31 Å². The van der Waals surface area contributed by atoms with Crippen LogP contribution in [0.15, 0.2) is 18.2 Å². The maximum absolute atomic E-state index is 11.6. The van der Waals surface area contributed by atoms with Crippen molar-refractivity contribution in [2.45, 2.75) is 45.4 Å². The van der Waals surface area contributed by atoms with Crippen LogP contribution < -0.4 is 9.04 Å². The highest BCUT2D eigenvalue weighted by Gasteiger charge is 2.42. The Kier molecular flexibility index (Phi) is 3.94. The monoisotopic (exact) mass is 315 g/mol. The highest BCUT2D eigenvalue weighted by atomic mass is 32.2. The molecule has 0 spiro atoms. The molecule has 0 radical (unpaired) electrons. The van der Waals surface area contributed by atoms with Crippen LogP contribution in [0.25, 0.3) is 0 Å². The lowest BCUT2D eigenvalue weighted by Crippen LogP contribution is -2.37. The third-order valence-corrected chi connectivity index (χ3v) is 4.80. The Labute approximate surface area is 125 Å². The summed E-state index contributed by atoms with van der Waals surface area (Å²) in [5.41, 5.74) is 0.836. The maximum Gasteiger partial charge on any atom is 0.360 e. The van der Waals surface area contributed by atoms with E-state index in [0.717, 1.165) is 9.87 Å². The van der Waals surface area contributed by atoms with Gasteiger partial charge < -0.3 is 9.47 Å². The van der Waals surface area contributed by atoms with Gasteiger partial charge in [0.15, 0.2) is 0 Å². The van der Waals surface area contributed by atoms with E-state index in [1.165, 1.54) is 0 Å². The Morgan fingerprint density at radius 2 is 2.00 bits per heavy atom. The first kappa shape index (κ1) is 16.1.